The molecule has 9 nitrogen and oxygen atoms in total. The van der Waals surface area contributed by atoms with Crippen LogP contribution in [0.4, 0.5) is 21.9 Å². The number of methoxy groups -OCH3 is 1. The highest BCUT2D eigenvalue weighted by atomic mass is 16.6. The van der Waals surface area contributed by atoms with Crippen LogP contribution in [0.5, 0.6) is 11.5 Å². The van der Waals surface area contributed by atoms with E-state index in [1.54, 1.807) is 12.0 Å². The van der Waals surface area contributed by atoms with E-state index in [4.69, 9.17) is 14.2 Å². The van der Waals surface area contributed by atoms with Gasteiger partial charge in [0, 0.05) is 56.2 Å². The summed E-state index contributed by atoms with van der Waals surface area (Å²) in [7, 11) is 5.68. The normalized spacial score (nSPS) is 19.6. The van der Waals surface area contributed by atoms with E-state index < -0.39 is 0 Å². The van der Waals surface area contributed by atoms with E-state index in [-0.39, 0.29) is 12.2 Å². The highest BCUT2D eigenvalue weighted by Crippen LogP contribution is 2.40. The number of fused-ring (bicyclic) bond motifs is 1. The summed E-state index contributed by atoms with van der Waals surface area (Å²) in [6.45, 7) is 5.10. The number of carbonyl (C=O) groups excluding carboxylic acids is 2. The molecular weight excluding hydrogens is 448 g/mol. The van der Waals surface area contributed by atoms with Crippen LogP contribution in [0.3, 0.4) is 0 Å². The molecule has 188 valence electrons. The third-order valence-corrected chi connectivity index (χ3v) is 6.55. The van der Waals surface area contributed by atoms with Gasteiger partial charge in [0.05, 0.1) is 19.3 Å². The van der Waals surface area contributed by atoms with Gasteiger partial charge in [-0.05, 0) is 50.2 Å². The number of rotatable bonds is 5. The molecule has 3 aliphatic rings. The maximum absolute atomic E-state index is 11.2. The number of anilines is 3. The molecule has 2 aromatic carbocycles. The van der Waals surface area contributed by atoms with Crippen molar-refractivity contribution >= 4 is 29.4 Å². The molecule has 0 spiro atoms. The maximum Gasteiger partial charge on any atom is 0.414 e. The largest absolute Gasteiger partial charge is 0.497 e. The van der Waals surface area contributed by atoms with Gasteiger partial charge in [-0.15, -0.1) is 0 Å². The van der Waals surface area contributed by atoms with Crippen molar-refractivity contribution in [1.82, 2.24) is 4.90 Å². The number of carbonyl (C=O) groups is 2. The fourth-order valence-corrected chi connectivity index (χ4v) is 4.41. The number of piperazine rings is 1. The molecule has 2 fully saturated rings. The molecule has 0 aliphatic carbocycles. The van der Waals surface area contributed by atoms with Crippen molar-refractivity contribution < 1.29 is 23.8 Å². The number of likely N-dealkylation sites (N-methyl/N-ethyl adjacent to an activating group) is 1. The minimum Gasteiger partial charge on any atom is -0.497 e. The summed E-state index contributed by atoms with van der Waals surface area (Å²) in [5, 5.41) is 3.02. The third kappa shape index (κ3) is 5.79. The number of benzene rings is 2. The topological polar surface area (TPSA) is 83.6 Å². The number of ether oxygens (including phenoxy) is 3. The van der Waals surface area contributed by atoms with Gasteiger partial charge in [0.25, 0.3) is 0 Å². The van der Waals surface area contributed by atoms with Crippen LogP contribution < -0.4 is 24.6 Å². The minimum absolute atomic E-state index is 0.262. The van der Waals surface area contributed by atoms with Crippen molar-refractivity contribution in [1.29, 1.82) is 0 Å². The maximum atomic E-state index is 11.2. The molecule has 9 heteroatoms. The highest BCUT2D eigenvalue weighted by molar-refractivity contribution is 5.89. The standard InChI is InChI=1S/C16H22N2O3.C10H12N2O2/c1-17-5-7-18(8-6-17)15-10-14(20-2)9-12-3-4-13(11-19)21-16(12)15;1-11-8-2-4-9(5-3-8)12-6-7-14-10(12)13/h9-11,13H,3-8H2,1-2H3;2-5,11H,6-7H2,1H3. The molecule has 1 amide bonds. The van der Waals surface area contributed by atoms with Crippen molar-refractivity contribution in [2.75, 3.05) is 75.7 Å². The molecule has 3 aliphatic heterocycles. The van der Waals surface area contributed by atoms with Gasteiger partial charge in [0.15, 0.2) is 12.4 Å². The zero-order chi connectivity index (χ0) is 24.8. The average molecular weight is 483 g/mol. The van der Waals surface area contributed by atoms with Crippen molar-refractivity contribution in [3.05, 3.63) is 42.0 Å². The molecule has 1 atom stereocenters. The summed E-state index contributed by atoms with van der Waals surface area (Å²) in [5.41, 5.74) is 4.11. The summed E-state index contributed by atoms with van der Waals surface area (Å²) < 4.78 is 16.2. The Morgan fingerprint density at radius 3 is 2.43 bits per heavy atom. The molecule has 1 N–H and O–H groups in total. The van der Waals surface area contributed by atoms with Gasteiger partial charge < -0.3 is 29.3 Å². The van der Waals surface area contributed by atoms with Gasteiger partial charge in [-0.2, -0.15) is 0 Å². The second-order valence-corrected chi connectivity index (χ2v) is 8.82. The summed E-state index contributed by atoms with van der Waals surface area (Å²) >= 11 is 0. The van der Waals surface area contributed by atoms with E-state index in [0.29, 0.717) is 13.2 Å². The van der Waals surface area contributed by atoms with Gasteiger partial charge >= 0.3 is 6.09 Å². The predicted molar refractivity (Wildman–Crippen MR) is 136 cm³/mol. The Balaban J connectivity index is 0.000000179. The van der Waals surface area contributed by atoms with Crippen LogP contribution in [-0.2, 0) is 16.0 Å². The van der Waals surface area contributed by atoms with Crippen LogP contribution in [-0.4, -0.2) is 83.9 Å². The van der Waals surface area contributed by atoms with Gasteiger partial charge in [-0.1, -0.05) is 0 Å². The van der Waals surface area contributed by atoms with Crippen LogP contribution in [0.2, 0.25) is 0 Å². The minimum atomic E-state index is -0.322. The van der Waals surface area contributed by atoms with Crippen molar-refractivity contribution in [2.24, 2.45) is 0 Å². The monoisotopic (exact) mass is 482 g/mol. The first kappa shape index (κ1) is 24.7. The van der Waals surface area contributed by atoms with E-state index in [1.165, 1.54) is 0 Å². The van der Waals surface area contributed by atoms with Crippen LogP contribution in [0.25, 0.3) is 0 Å². The lowest BCUT2D eigenvalue weighted by Gasteiger charge is -2.36. The Kier molecular flexibility index (Phi) is 7.97. The molecule has 35 heavy (non-hydrogen) atoms. The fraction of sp³-hybridized carbons (Fsp3) is 0.462. The number of aldehydes is 1. The number of aryl methyl sites for hydroxylation is 1. The van der Waals surface area contributed by atoms with Gasteiger partial charge in [0.2, 0.25) is 0 Å². The zero-order valence-electron chi connectivity index (χ0n) is 20.7. The van der Waals surface area contributed by atoms with Gasteiger partial charge in [-0.3, -0.25) is 9.69 Å². The predicted octanol–water partition coefficient (Wildman–Crippen LogP) is 3.02. The first-order chi connectivity index (χ1) is 17.0. The van der Waals surface area contributed by atoms with E-state index in [0.717, 1.165) is 79.4 Å². The summed E-state index contributed by atoms with van der Waals surface area (Å²) in [6.07, 6.45) is 1.92. The Morgan fingerprint density at radius 2 is 1.83 bits per heavy atom. The number of hydrogen-bond donors (Lipinski definition) is 1. The molecule has 1 unspecified atom stereocenters. The highest BCUT2D eigenvalue weighted by Gasteiger charge is 2.27. The number of cyclic esters (lactones) is 1. The lowest BCUT2D eigenvalue weighted by atomic mass is 10.0. The number of hydrogen-bond acceptors (Lipinski definition) is 8. The lowest BCUT2D eigenvalue weighted by Crippen LogP contribution is -2.45. The Bertz CT molecular complexity index is 1020. The Morgan fingerprint density at radius 1 is 1.09 bits per heavy atom. The van der Waals surface area contributed by atoms with Crippen molar-refractivity contribution in [3.8, 4) is 11.5 Å². The molecule has 3 heterocycles. The first-order valence-corrected chi connectivity index (χ1v) is 12.0. The number of amides is 1. The zero-order valence-corrected chi connectivity index (χ0v) is 20.7. The molecule has 2 aromatic rings. The average Bonchev–Trinajstić information content (AvgIpc) is 3.34. The van der Waals surface area contributed by atoms with Crippen LogP contribution in [0.15, 0.2) is 36.4 Å². The van der Waals surface area contributed by atoms with E-state index in [9.17, 15) is 9.59 Å². The number of nitrogens with one attached hydrogen (secondary N) is 1. The Hall–Kier alpha value is -3.46. The summed E-state index contributed by atoms with van der Waals surface area (Å²) in [5.74, 6) is 1.72. The second kappa shape index (κ2) is 11.3. The molecule has 0 saturated carbocycles. The lowest BCUT2D eigenvalue weighted by molar-refractivity contribution is -0.114. The van der Waals surface area contributed by atoms with E-state index in [1.807, 2.05) is 43.4 Å². The van der Waals surface area contributed by atoms with Crippen LogP contribution in [0.1, 0.15) is 12.0 Å². The van der Waals surface area contributed by atoms with Gasteiger partial charge in [-0.25, -0.2) is 4.79 Å². The van der Waals surface area contributed by atoms with Crippen LogP contribution >= 0.6 is 0 Å². The Labute approximate surface area is 206 Å². The summed E-state index contributed by atoms with van der Waals surface area (Å²) in [6, 6.07) is 11.7. The van der Waals surface area contributed by atoms with Crippen LogP contribution in [0, 0.1) is 0 Å². The number of nitrogens with zero attached hydrogens (tertiary/aromatic N) is 3. The van der Waals surface area contributed by atoms with E-state index in [2.05, 4.69) is 22.2 Å². The molecule has 2 saturated heterocycles. The molecular formula is C26H34N4O5. The summed E-state index contributed by atoms with van der Waals surface area (Å²) in [4.78, 5) is 28.5. The quantitative estimate of drug-likeness (QED) is 0.652. The SMILES string of the molecule is CNc1ccc(N2CCOC2=O)cc1.COc1cc2c(c(N3CCN(C)CC3)c1)OC(C=O)CC2. The second-order valence-electron chi connectivity index (χ2n) is 8.82. The van der Waals surface area contributed by atoms with Crippen molar-refractivity contribution in [2.45, 2.75) is 18.9 Å². The molecule has 0 radical (unpaired) electrons. The van der Waals surface area contributed by atoms with Gasteiger partial charge in [0.1, 0.15) is 18.1 Å². The third-order valence-electron chi connectivity index (χ3n) is 6.55. The first-order valence-electron chi connectivity index (χ1n) is 12.0. The molecule has 5 rings (SSSR count). The smallest absolute Gasteiger partial charge is 0.414 e. The fourth-order valence-electron chi connectivity index (χ4n) is 4.41. The molecule has 0 aromatic heterocycles. The molecule has 0 bridgehead atoms. The van der Waals surface area contributed by atoms with E-state index >= 15 is 0 Å². The van der Waals surface area contributed by atoms with Crippen molar-refractivity contribution in [3.63, 3.8) is 0 Å².